The number of carbonyl (C=O) groups excluding carboxylic acids is 3. The molecule has 65 heteroatoms. The van der Waals surface area contributed by atoms with E-state index in [0.717, 1.165) is 20.3 Å². The highest BCUT2D eigenvalue weighted by molar-refractivity contribution is 6.40. The topological polar surface area (TPSA) is 868 Å². The Bertz CT molecular complexity index is 8440. The normalized spacial score (nSPS) is 10.6. The molecule has 0 saturated carbocycles. The number of hydrogen-bond acceptors (Lipinski definition) is 50. The van der Waals surface area contributed by atoms with Gasteiger partial charge in [-0.25, -0.2) is 64.2 Å². The number of nitriles is 1. The summed E-state index contributed by atoms with van der Waals surface area (Å²) in [6.07, 6.45) is 0.321. The smallest absolute Gasteiger partial charge is 0.340 e. The second kappa shape index (κ2) is 47.7. The van der Waals surface area contributed by atoms with E-state index in [1.54, 1.807) is 27.7 Å². The van der Waals surface area contributed by atoms with Crippen LogP contribution in [0.5, 0.6) is 47.0 Å². The van der Waals surface area contributed by atoms with Gasteiger partial charge in [-0.3, -0.25) is 90.0 Å². The van der Waals surface area contributed by atoms with Gasteiger partial charge < -0.3 is 77.1 Å². The third kappa shape index (κ3) is 23.6. The predicted octanol–water partition coefficient (Wildman–Crippen LogP) is 8.60. The van der Waals surface area contributed by atoms with E-state index in [0.29, 0.717) is 83.7 Å². The summed E-state index contributed by atoms with van der Waals surface area (Å²) in [7, 11) is 14.7. The van der Waals surface area contributed by atoms with Gasteiger partial charge in [0.2, 0.25) is 0 Å². The molecule has 0 aliphatic carbocycles. The van der Waals surface area contributed by atoms with Gasteiger partial charge >= 0.3 is 40.1 Å². The Morgan fingerprint density at radius 2 is 0.604 bits per heavy atom. The fraction of sp³-hybridized carbons (Fsp3) is 0.262. The molecule has 9 heterocycles. The van der Waals surface area contributed by atoms with Crippen molar-refractivity contribution in [3.8, 4) is 53.1 Å². The number of fused-ring (bicyclic) bond motifs is 7. The number of aromatic amines is 6. The van der Waals surface area contributed by atoms with Crippen LogP contribution in [0.4, 0.5) is 39.8 Å². The molecule has 0 unspecified atom stereocenters. The van der Waals surface area contributed by atoms with E-state index in [1.165, 1.54) is 121 Å². The van der Waals surface area contributed by atoms with Crippen molar-refractivity contribution >= 4 is 158 Å². The highest BCUT2D eigenvalue weighted by Gasteiger charge is 2.33. The largest absolute Gasteiger partial charge is 0.477 e. The van der Waals surface area contributed by atoms with Gasteiger partial charge in [-0.2, -0.15) is 15.7 Å². The Morgan fingerprint density at radius 3 is 0.953 bits per heavy atom. The summed E-state index contributed by atoms with van der Waals surface area (Å²) < 4.78 is 54.4. The third-order valence-electron chi connectivity index (χ3n) is 21.6. The van der Waals surface area contributed by atoms with Gasteiger partial charge in [0.05, 0.1) is 193 Å². The number of H-pyrrole nitrogens is 6. The average Bonchev–Trinajstić information content (AvgIpc) is 1.28. The number of nitro benzene ring substituents is 7. The highest BCUT2D eigenvalue weighted by Crippen LogP contribution is 2.41. The number of esters is 3. The molecule has 0 aliphatic heterocycles. The fourth-order valence-electron chi connectivity index (χ4n) is 14.4. The highest BCUT2D eigenvalue weighted by atomic mass is 35.5. The van der Waals surface area contributed by atoms with Crippen LogP contribution >= 0.6 is 23.2 Å². The van der Waals surface area contributed by atoms with E-state index in [1.807, 2.05) is 6.07 Å². The number of ether oxygens (including phenoxy) is 11. The number of carbonyl (C=O) groups is 3. The maximum Gasteiger partial charge on any atom is 0.340 e. The van der Waals surface area contributed by atoms with Crippen molar-refractivity contribution in [2.45, 2.75) is 74.3 Å². The second-order valence-corrected chi connectivity index (χ2v) is 30.5. The molecule has 7 aromatic carbocycles. The average molecular weight is 2100 g/mol. The number of hydrogen-bond donors (Lipinski definition) is 7. The van der Waals surface area contributed by atoms with Gasteiger partial charge in [-0.05, 0) is 59.6 Å². The van der Waals surface area contributed by atoms with Crippen LogP contribution in [0, 0.1) is 131 Å². The van der Waals surface area contributed by atoms with E-state index in [9.17, 15) is 109 Å². The molecule has 149 heavy (non-hydrogen) atoms. The molecule has 0 radical (unpaired) electrons. The molecule has 774 valence electrons. The molecule has 0 amide bonds. The van der Waals surface area contributed by atoms with Crippen molar-refractivity contribution in [2.75, 3.05) is 78.2 Å². The van der Waals surface area contributed by atoms with Gasteiger partial charge in [-0.1, -0.05) is 33.6 Å². The number of aromatic nitrogens is 22. The first-order valence-corrected chi connectivity index (χ1v) is 42.1. The van der Waals surface area contributed by atoms with Gasteiger partial charge in [0, 0.05) is 105 Å². The van der Waals surface area contributed by atoms with Crippen LogP contribution in [0.1, 0.15) is 104 Å². The molecule has 0 atom stereocenters. The number of benzene rings is 7. The Kier molecular flexibility index (Phi) is 35.5. The summed E-state index contributed by atoms with van der Waals surface area (Å²) in [5.74, 6) is -0.629. The SMILES string of the molecule is COC(=O)c1c(C)c([N+](=O)[O-])cc2[nH]c(=O)c(=O)[nH]c12.COC(=O)c1c(C)c([N+](=O)[O-])cc2nc(Cl)c(Cl)nc12.COC(=O)c1c(C)c([N+](=O)[O-])cc2nc(OC)c(OC)nc12.COc1nc2cc([N+](=O)[O-])c(C)c(CC#N)c2nc1OC.COc1nc2cc([N+](=O)[O-])c(C)c(CO)c2nc1OC.COc1nc2cc([N+](=O)[O-])c(C)c(Cc3nn[nH]n3)c2nc1OC.Cc1c([N+](=O)[O-])cc2[nH]c(=O)c(=O)[nH]c2c1Cc1nn[nH]n1. The Labute approximate surface area is 837 Å². The minimum absolute atomic E-state index is 0.00578. The molecular weight excluding hydrogens is 2030 g/mol. The second-order valence-electron chi connectivity index (χ2n) is 29.7. The first kappa shape index (κ1) is 111. The van der Waals surface area contributed by atoms with Crippen LogP contribution in [0.2, 0.25) is 10.3 Å². The van der Waals surface area contributed by atoms with Crippen LogP contribution in [0.3, 0.4) is 0 Å². The molecule has 9 aromatic heterocycles. The summed E-state index contributed by atoms with van der Waals surface area (Å²) in [5, 5.41) is 123. The summed E-state index contributed by atoms with van der Waals surface area (Å²) in [4.78, 5) is 206. The molecule has 0 aliphatic rings. The lowest BCUT2D eigenvalue weighted by Gasteiger charge is -2.11. The molecule has 0 fully saturated rings. The van der Waals surface area contributed by atoms with Crippen molar-refractivity contribution < 1.29 is 106 Å². The molecule has 63 nitrogen and oxygen atoms in total. The van der Waals surface area contributed by atoms with Crippen LogP contribution < -0.4 is 60.1 Å². The number of nitrogens with one attached hydrogen (secondary N) is 6. The lowest BCUT2D eigenvalue weighted by molar-refractivity contribution is -0.385. The molecule has 0 bridgehead atoms. The van der Waals surface area contributed by atoms with Gasteiger partial charge in [-0.15, -0.1) is 20.4 Å². The number of aliphatic hydroxyl groups is 1. The van der Waals surface area contributed by atoms with Crippen molar-refractivity contribution in [2.24, 2.45) is 0 Å². The molecule has 16 aromatic rings. The minimum atomic E-state index is -0.966. The zero-order valence-electron chi connectivity index (χ0n) is 80.4. The molecule has 0 saturated heterocycles. The maximum absolute atomic E-state index is 12.0. The van der Waals surface area contributed by atoms with Crippen molar-refractivity contribution in [1.29, 1.82) is 5.26 Å². The van der Waals surface area contributed by atoms with Crippen LogP contribution in [0.15, 0.2) is 61.6 Å². The van der Waals surface area contributed by atoms with E-state index in [4.69, 9.17) is 66.4 Å². The number of aliphatic hydroxyl groups excluding tert-OH is 1. The van der Waals surface area contributed by atoms with Gasteiger partial charge in [0.1, 0.15) is 33.1 Å². The summed E-state index contributed by atoms with van der Waals surface area (Å²) in [6.45, 7) is 10.2. The van der Waals surface area contributed by atoms with Gasteiger partial charge in [0.25, 0.3) is 86.9 Å². The van der Waals surface area contributed by atoms with E-state index < -0.39 is 74.6 Å². The Morgan fingerprint density at radius 1 is 0.342 bits per heavy atom. The Hall–Kier alpha value is -20.1. The molecule has 16 rings (SSSR count). The zero-order valence-corrected chi connectivity index (χ0v) is 81.9. The number of tetrazole rings is 2. The minimum Gasteiger partial charge on any atom is -0.477 e. The van der Waals surface area contributed by atoms with Crippen molar-refractivity contribution in [3.05, 3.63) is 255 Å². The van der Waals surface area contributed by atoms with Crippen LogP contribution in [-0.2, 0) is 40.1 Å². The monoisotopic (exact) mass is 2100 g/mol. The third-order valence-corrected chi connectivity index (χ3v) is 22.2. The van der Waals surface area contributed by atoms with Gasteiger partial charge in [0.15, 0.2) is 22.0 Å². The molecular formula is C84H76Cl2N30O33. The quantitative estimate of drug-likeness (QED) is 0.00978. The summed E-state index contributed by atoms with van der Waals surface area (Å²) >= 11 is 11.5. The van der Waals surface area contributed by atoms with Crippen LogP contribution in [-0.4, -0.2) is 247 Å². The number of methoxy groups -OCH3 is 11. The first-order chi connectivity index (χ1) is 70.7. The van der Waals surface area contributed by atoms with Crippen molar-refractivity contribution in [3.63, 3.8) is 0 Å². The summed E-state index contributed by atoms with van der Waals surface area (Å²) in [5.41, 5.74) is 1.48. The standard InChI is InChI=1S/C13H13N7O4.C13H12N4O4.C13H13N3O6.C12H13N3O5.C11H7Cl2N3O4.C11H9N7O4.C11H9N3O6/c1-6-7(4-10-16-18-19-17-10)11-8(5-9(6)20(21)22)14-12(23-2)13(15-11)24-3;1-7-8(4-5-14)11-9(6-10(7)17(18)19)15-12(20-2)13(16-11)21-3;1-6-8(16(18)19)5-7-10(9(6)13(17)22-4)15-12(21-3)11(14-7)20-2;1-6-7(5-16)10-8(4-9(6)15(17)18)13-11(19-2)12(14-10)20-3;1-4-6(16(18)19)3-5-8(7(4)11(17)20-2)15-10(13)9(12)14-5;1-4-5(2-8-14-16-17-15-8)9-6(3-7(4)18(21)22)12-10(19)11(20)13-9;1-4-6(14(18)19)3-5-8(7(4)11(17)20-2)13-10(16)9(15)12-5/h5H,4H2,1-3H3,(H,16,17,18,19);6H,4H2,1-3H3;5H,1-4H3;4,16H,5H2,1-3H3;3H,1-2H3;3H,2H2,1H3,(H,12,19)(H,13,20)(H,14,15,16,17);3H,1-2H3,(H,12,15)(H,13,16). The first-order valence-electron chi connectivity index (χ1n) is 41.4. The van der Waals surface area contributed by atoms with Crippen LogP contribution in [0.25, 0.3) is 77.2 Å². The fourth-order valence-corrected chi connectivity index (χ4v) is 14.6. The number of rotatable bonds is 24. The zero-order chi connectivity index (χ0) is 110. The lowest BCUT2D eigenvalue weighted by atomic mass is 10.0. The summed E-state index contributed by atoms with van der Waals surface area (Å²) in [6, 6.07) is 10.7. The number of nitro groups is 7. The van der Waals surface area contributed by atoms with E-state index in [-0.39, 0.29) is 206 Å². The number of halogens is 2. The lowest BCUT2D eigenvalue weighted by Crippen LogP contribution is -2.29. The number of nitrogens with zero attached hydrogens (tertiary/aromatic N) is 24. The van der Waals surface area contributed by atoms with Crippen molar-refractivity contribution in [1.82, 2.24) is 111 Å². The molecule has 0 spiro atoms. The van der Waals surface area contributed by atoms with E-state index >= 15 is 0 Å². The van der Waals surface area contributed by atoms with E-state index in [2.05, 4.69) is 125 Å². The predicted molar refractivity (Wildman–Crippen MR) is 513 cm³/mol. The maximum atomic E-state index is 12.0. The Balaban J connectivity index is 0.000000178. The molecule has 7 N–H and O–H groups in total.